The summed E-state index contributed by atoms with van der Waals surface area (Å²) in [7, 11) is -4.96. The summed E-state index contributed by atoms with van der Waals surface area (Å²) < 4.78 is 45.5. The molecule has 1 amide bonds. The van der Waals surface area contributed by atoms with Crippen molar-refractivity contribution in [3.63, 3.8) is 0 Å². The molecular formula is C30H23N3O9S2. The van der Waals surface area contributed by atoms with Crippen LogP contribution in [0.25, 0.3) is 10.8 Å². The number of aryl methyl sites for hydroxylation is 1. The van der Waals surface area contributed by atoms with Gasteiger partial charge in [0.25, 0.3) is 16.0 Å². The zero-order chi connectivity index (χ0) is 31.3. The third kappa shape index (κ3) is 6.86. The van der Waals surface area contributed by atoms with Gasteiger partial charge in [-0.3, -0.25) is 9.35 Å². The smallest absolute Gasteiger partial charge is 0.296 e. The summed E-state index contributed by atoms with van der Waals surface area (Å²) in [6, 6.07) is 25.9. The van der Waals surface area contributed by atoms with Crippen LogP contribution in [-0.2, 0) is 19.5 Å². The Kier molecular flexibility index (Phi) is 9.20. The molecular weight excluding hydrogens is 610 g/mol. The maximum atomic E-state index is 13.0. The molecule has 0 aliphatic heterocycles. The van der Waals surface area contributed by atoms with Gasteiger partial charge in [-0.05, 0) is 66.4 Å². The Morgan fingerprint density at radius 3 is 2.27 bits per heavy atom. The molecule has 5 rings (SSSR count). The molecule has 5 aromatic carbocycles. The van der Waals surface area contributed by atoms with Crippen LogP contribution in [0.15, 0.2) is 117 Å². The van der Waals surface area contributed by atoms with E-state index in [2.05, 4.69) is 24.9 Å². The summed E-state index contributed by atoms with van der Waals surface area (Å²) in [6.45, 7) is 1.87. The van der Waals surface area contributed by atoms with Crippen LogP contribution in [-0.4, -0.2) is 29.2 Å². The Hall–Kier alpha value is -4.83. The van der Waals surface area contributed by atoms with Gasteiger partial charge in [0.15, 0.2) is 11.5 Å². The van der Waals surface area contributed by atoms with Gasteiger partial charge < -0.3 is 15.2 Å². The van der Waals surface area contributed by atoms with Gasteiger partial charge in [0, 0.05) is 15.8 Å². The molecule has 5 aromatic rings. The number of carbonyl (C=O) groups excluding carboxylic acids is 1. The van der Waals surface area contributed by atoms with Crippen molar-refractivity contribution < 1.29 is 42.2 Å². The lowest BCUT2D eigenvalue weighted by Crippen LogP contribution is -2.12. The van der Waals surface area contributed by atoms with E-state index in [0.717, 1.165) is 11.6 Å². The van der Waals surface area contributed by atoms with Gasteiger partial charge >= 0.3 is 0 Å². The Bertz CT molecular complexity index is 1990. The van der Waals surface area contributed by atoms with E-state index in [1.54, 1.807) is 66.7 Å². The minimum atomic E-state index is -4.96. The molecule has 4 N–H and O–H groups in total. The molecule has 0 fully saturated rings. The first-order valence-electron chi connectivity index (χ1n) is 12.7. The highest BCUT2D eigenvalue weighted by Gasteiger charge is 2.25. The number of aromatic hydroxyl groups is 1. The number of amides is 1. The number of hydrogen-bond acceptors (Lipinski definition) is 11. The normalized spacial score (nSPS) is 11.6. The Morgan fingerprint density at radius 2 is 1.57 bits per heavy atom. The topological polar surface area (TPSA) is 176 Å². The van der Waals surface area contributed by atoms with Crippen molar-refractivity contribution in [3.8, 4) is 17.2 Å². The third-order valence-corrected chi connectivity index (χ3v) is 7.71. The Balaban J connectivity index is 1.65. The molecule has 0 saturated heterocycles. The van der Waals surface area contributed by atoms with Crippen LogP contribution >= 0.6 is 12.0 Å². The van der Waals surface area contributed by atoms with E-state index in [4.69, 9.17) is 9.99 Å². The second-order valence-electron chi connectivity index (χ2n) is 9.20. The number of ether oxygens (including phenoxy) is 1. The zero-order valence-electron chi connectivity index (χ0n) is 22.7. The van der Waals surface area contributed by atoms with E-state index in [1.807, 2.05) is 19.1 Å². The number of benzene rings is 5. The average Bonchev–Trinajstić information content (AvgIpc) is 3.01. The lowest BCUT2D eigenvalue weighted by atomic mass is 10.1. The lowest BCUT2D eigenvalue weighted by Gasteiger charge is -2.15. The second-order valence-corrected chi connectivity index (χ2v) is 11.4. The SMILES string of the molecule is Cc1ccccc1Oc1ccccc1N=Nc1c(S(=O)(=O)O)cc2cc(SOOO)cc(NC(=O)c3ccccc3)c2c1O. The summed E-state index contributed by atoms with van der Waals surface area (Å²) in [4.78, 5) is 12.5. The molecule has 44 heavy (non-hydrogen) atoms. The van der Waals surface area contributed by atoms with Crippen molar-refractivity contribution in [1.29, 1.82) is 0 Å². The first kappa shape index (κ1) is 30.6. The standard InChI is InChI=1S/C30H23N3O9S2/c1-18-9-5-7-13-24(18)40-25-14-8-6-12-22(25)32-33-28-26(44(37,38)39)16-20-15-21(43-42-41-36)17-23(27(20)29(28)34)31-30(35)19-10-3-2-4-11-19/h2-17,34,36H,1H3,(H,31,35)(H,37,38,39). The van der Waals surface area contributed by atoms with Gasteiger partial charge in [-0.1, -0.05) is 53.6 Å². The minimum Gasteiger partial charge on any atom is -0.505 e. The number of anilines is 1. The number of phenols is 1. The fourth-order valence-corrected chi connectivity index (χ4v) is 5.37. The molecule has 0 heterocycles. The average molecular weight is 634 g/mol. The van der Waals surface area contributed by atoms with Crippen molar-refractivity contribution in [1.82, 2.24) is 0 Å². The first-order chi connectivity index (χ1) is 21.2. The molecule has 14 heteroatoms. The number of carbonyl (C=O) groups is 1. The number of hydrogen-bond donors (Lipinski definition) is 4. The summed E-state index contributed by atoms with van der Waals surface area (Å²) in [5.41, 5.74) is 0.796. The summed E-state index contributed by atoms with van der Waals surface area (Å²) in [5.74, 6) is -0.388. The van der Waals surface area contributed by atoms with Gasteiger partial charge in [0.1, 0.15) is 22.0 Å². The lowest BCUT2D eigenvalue weighted by molar-refractivity contribution is -0.432. The van der Waals surface area contributed by atoms with E-state index in [1.165, 1.54) is 12.1 Å². The van der Waals surface area contributed by atoms with E-state index < -0.39 is 32.4 Å². The predicted molar refractivity (Wildman–Crippen MR) is 162 cm³/mol. The first-order valence-corrected chi connectivity index (χ1v) is 14.9. The fourth-order valence-electron chi connectivity index (χ4n) is 4.26. The second kappa shape index (κ2) is 13.2. The van der Waals surface area contributed by atoms with E-state index in [9.17, 15) is 22.9 Å². The minimum absolute atomic E-state index is 0.0191. The van der Waals surface area contributed by atoms with Crippen molar-refractivity contribution >= 4 is 55.9 Å². The molecule has 224 valence electrons. The molecule has 0 spiro atoms. The highest BCUT2D eigenvalue weighted by Crippen LogP contribution is 2.46. The number of nitrogens with zero attached hydrogens (tertiary/aromatic N) is 2. The molecule has 0 saturated carbocycles. The maximum Gasteiger partial charge on any atom is 0.296 e. The van der Waals surface area contributed by atoms with Gasteiger partial charge in [0.2, 0.25) is 0 Å². The number of nitrogens with one attached hydrogen (secondary N) is 1. The van der Waals surface area contributed by atoms with Crippen LogP contribution in [0.2, 0.25) is 0 Å². The molecule has 0 unspecified atom stereocenters. The number of para-hydroxylation sites is 2. The van der Waals surface area contributed by atoms with Gasteiger partial charge in [-0.15, -0.1) is 14.6 Å². The molecule has 0 atom stereocenters. The van der Waals surface area contributed by atoms with Crippen molar-refractivity contribution in [2.24, 2.45) is 10.2 Å². The van der Waals surface area contributed by atoms with Crippen LogP contribution in [0.4, 0.5) is 17.1 Å². The van der Waals surface area contributed by atoms with Gasteiger partial charge in [0.05, 0.1) is 17.7 Å². The van der Waals surface area contributed by atoms with E-state index in [-0.39, 0.29) is 27.0 Å². The van der Waals surface area contributed by atoms with Crippen molar-refractivity contribution in [2.45, 2.75) is 16.7 Å². The van der Waals surface area contributed by atoms with Crippen LogP contribution in [0, 0.1) is 6.92 Å². The van der Waals surface area contributed by atoms with Crippen molar-refractivity contribution in [3.05, 3.63) is 108 Å². The number of fused-ring (bicyclic) bond motifs is 1. The van der Waals surface area contributed by atoms with Crippen LogP contribution < -0.4 is 10.1 Å². The number of phenolic OH excluding ortho intramolecular Hbond substituents is 1. The molecule has 0 bridgehead atoms. The summed E-state index contributed by atoms with van der Waals surface area (Å²) in [6.07, 6.45) is 0. The Labute approximate surface area is 255 Å². The number of azo groups is 1. The highest BCUT2D eigenvalue weighted by atomic mass is 32.2. The van der Waals surface area contributed by atoms with Crippen molar-refractivity contribution in [2.75, 3.05) is 5.32 Å². The highest BCUT2D eigenvalue weighted by molar-refractivity contribution is 7.94. The zero-order valence-corrected chi connectivity index (χ0v) is 24.4. The molecule has 0 aliphatic carbocycles. The summed E-state index contributed by atoms with van der Waals surface area (Å²) >= 11 is 0.534. The van der Waals surface area contributed by atoms with Crippen LogP contribution in [0.1, 0.15) is 15.9 Å². The largest absolute Gasteiger partial charge is 0.505 e. The molecule has 12 nitrogen and oxygen atoms in total. The van der Waals surface area contributed by atoms with Gasteiger partial charge in [-0.2, -0.15) is 8.42 Å². The predicted octanol–water partition coefficient (Wildman–Crippen LogP) is 7.99. The monoisotopic (exact) mass is 633 g/mol. The molecule has 0 aliphatic rings. The Morgan fingerprint density at radius 1 is 0.886 bits per heavy atom. The number of rotatable bonds is 10. The van der Waals surface area contributed by atoms with E-state index >= 15 is 0 Å². The maximum absolute atomic E-state index is 13.0. The van der Waals surface area contributed by atoms with Crippen LogP contribution in [0.5, 0.6) is 17.2 Å². The molecule has 0 radical (unpaired) electrons. The van der Waals surface area contributed by atoms with Gasteiger partial charge in [-0.25, -0.2) is 5.26 Å². The van der Waals surface area contributed by atoms with Crippen LogP contribution in [0.3, 0.4) is 0 Å². The van der Waals surface area contributed by atoms with E-state index in [0.29, 0.717) is 29.1 Å². The fraction of sp³-hybridized carbons (Fsp3) is 0.0333. The summed E-state index contributed by atoms with van der Waals surface area (Å²) in [5, 5.41) is 34.6. The third-order valence-electron chi connectivity index (χ3n) is 6.28. The molecule has 0 aromatic heterocycles. The quantitative estimate of drug-likeness (QED) is 0.0387.